The standard InChI is InChI=1S/C9H10FNO2/c10-4-5-13-9-3-1-2-8(6-9)11-7-12/h1-3,6-7H,4-5H2,(H,11,12). The van der Waals surface area contributed by atoms with Gasteiger partial charge in [0.1, 0.15) is 19.0 Å². The Morgan fingerprint density at radius 2 is 2.38 bits per heavy atom. The van der Waals surface area contributed by atoms with Crippen LogP contribution < -0.4 is 10.1 Å². The molecule has 0 aliphatic rings. The molecule has 0 heterocycles. The number of benzene rings is 1. The Kier molecular flexibility index (Phi) is 3.75. The molecule has 3 nitrogen and oxygen atoms in total. The molecule has 0 atom stereocenters. The second-order valence-electron chi connectivity index (χ2n) is 2.33. The summed E-state index contributed by atoms with van der Waals surface area (Å²) in [5.74, 6) is 0.546. The number of carbonyl (C=O) groups excluding carboxylic acids is 1. The maximum absolute atomic E-state index is 11.7. The minimum atomic E-state index is -0.522. The summed E-state index contributed by atoms with van der Waals surface area (Å²) in [4.78, 5) is 10.1. The first-order chi connectivity index (χ1) is 6.36. The summed E-state index contributed by atoms with van der Waals surface area (Å²) >= 11 is 0. The maximum Gasteiger partial charge on any atom is 0.211 e. The second-order valence-corrected chi connectivity index (χ2v) is 2.33. The molecular formula is C9H10FNO2. The van der Waals surface area contributed by atoms with E-state index in [1.807, 2.05) is 0 Å². The number of halogens is 1. The summed E-state index contributed by atoms with van der Waals surface area (Å²) in [6.45, 7) is -0.490. The molecule has 13 heavy (non-hydrogen) atoms. The first kappa shape index (κ1) is 9.51. The minimum absolute atomic E-state index is 0.0323. The summed E-state index contributed by atoms with van der Waals surface area (Å²) in [6, 6.07) is 6.77. The highest BCUT2D eigenvalue weighted by atomic mass is 19.1. The van der Waals surface area contributed by atoms with Crippen molar-refractivity contribution in [3.63, 3.8) is 0 Å². The van der Waals surface area contributed by atoms with Crippen LogP contribution in [0.15, 0.2) is 24.3 Å². The molecule has 1 rings (SSSR count). The predicted molar refractivity (Wildman–Crippen MR) is 47.6 cm³/mol. The van der Waals surface area contributed by atoms with Crippen LogP contribution in [-0.4, -0.2) is 19.7 Å². The molecule has 4 heteroatoms. The third-order valence-corrected chi connectivity index (χ3v) is 1.41. The number of hydrogen-bond donors (Lipinski definition) is 1. The molecule has 1 aromatic rings. The van der Waals surface area contributed by atoms with Crippen molar-refractivity contribution in [3.8, 4) is 5.75 Å². The Balaban J connectivity index is 2.61. The van der Waals surface area contributed by atoms with Crippen molar-refractivity contribution in [3.05, 3.63) is 24.3 Å². The normalized spacial score (nSPS) is 9.31. The van der Waals surface area contributed by atoms with Gasteiger partial charge in [-0.2, -0.15) is 0 Å². The van der Waals surface area contributed by atoms with Crippen molar-refractivity contribution in [2.75, 3.05) is 18.6 Å². The van der Waals surface area contributed by atoms with E-state index in [1.165, 1.54) is 0 Å². The zero-order chi connectivity index (χ0) is 9.52. The van der Waals surface area contributed by atoms with Crippen LogP contribution in [-0.2, 0) is 4.79 Å². The lowest BCUT2D eigenvalue weighted by Crippen LogP contribution is -1.99. The van der Waals surface area contributed by atoms with Crippen molar-refractivity contribution in [2.24, 2.45) is 0 Å². The van der Waals surface area contributed by atoms with E-state index in [4.69, 9.17) is 4.74 Å². The molecule has 1 N–H and O–H groups in total. The topological polar surface area (TPSA) is 38.3 Å². The van der Waals surface area contributed by atoms with Crippen LogP contribution >= 0.6 is 0 Å². The molecule has 0 saturated carbocycles. The van der Waals surface area contributed by atoms with Gasteiger partial charge in [-0.25, -0.2) is 4.39 Å². The van der Waals surface area contributed by atoms with Gasteiger partial charge in [-0.1, -0.05) is 6.07 Å². The lowest BCUT2D eigenvalue weighted by atomic mass is 10.3. The average Bonchev–Trinajstić information content (AvgIpc) is 2.16. The molecular weight excluding hydrogens is 173 g/mol. The van der Waals surface area contributed by atoms with Gasteiger partial charge >= 0.3 is 0 Å². The highest BCUT2D eigenvalue weighted by Gasteiger charge is 1.94. The fourth-order valence-electron chi connectivity index (χ4n) is 0.900. The minimum Gasteiger partial charge on any atom is -0.491 e. The SMILES string of the molecule is O=CNc1cccc(OCCF)c1. The fraction of sp³-hybridized carbons (Fsp3) is 0.222. The Morgan fingerprint density at radius 1 is 1.54 bits per heavy atom. The Labute approximate surface area is 75.5 Å². The molecule has 0 bridgehead atoms. The van der Waals surface area contributed by atoms with Gasteiger partial charge in [-0.05, 0) is 12.1 Å². The van der Waals surface area contributed by atoms with E-state index in [0.29, 0.717) is 17.8 Å². The molecule has 0 radical (unpaired) electrons. The summed E-state index contributed by atoms with van der Waals surface area (Å²) < 4.78 is 16.7. The van der Waals surface area contributed by atoms with Crippen molar-refractivity contribution >= 4 is 12.1 Å². The van der Waals surface area contributed by atoms with Gasteiger partial charge < -0.3 is 10.1 Å². The quantitative estimate of drug-likeness (QED) is 0.704. The van der Waals surface area contributed by atoms with Gasteiger partial charge in [-0.15, -0.1) is 0 Å². The summed E-state index contributed by atoms with van der Waals surface area (Å²) in [6.07, 6.45) is 0.578. The van der Waals surface area contributed by atoms with Crippen LogP contribution in [0.3, 0.4) is 0 Å². The lowest BCUT2D eigenvalue weighted by Gasteiger charge is -2.04. The van der Waals surface area contributed by atoms with Gasteiger partial charge in [0.25, 0.3) is 0 Å². The summed E-state index contributed by atoms with van der Waals surface area (Å²) in [5, 5.41) is 2.47. The fourth-order valence-corrected chi connectivity index (χ4v) is 0.900. The number of rotatable bonds is 5. The number of carbonyl (C=O) groups is 1. The number of anilines is 1. The molecule has 0 saturated heterocycles. The average molecular weight is 183 g/mol. The highest BCUT2D eigenvalue weighted by Crippen LogP contribution is 2.16. The Bertz CT molecular complexity index is 278. The van der Waals surface area contributed by atoms with E-state index in [2.05, 4.69) is 5.32 Å². The Morgan fingerprint density at radius 3 is 3.08 bits per heavy atom. The number of nitrogens with one attached hydrogen (secondary N) is 1. The number of hydrogen-bond acceptors (Lipinski definition) is 2. The predicted octanol–water partition coefficient (Wildman–Crippen LogP) is 1.60. The monoisotopic (exact) mass is 183 g/mol. The molecule has 1 amide bonds. The number of ether oxygens (including phenoxy) is 1. The molecule has 70 valence electrons. The zero-order valence-electron chi connectivity index (χ0n) is 7.00. The summed E-state index contributed by atoms with van der Waals surface area (Å²) in [5.41, 5.74) is 0.631. The van der Waals surface area contributed by atoms with Gasteiger partial charge in [0.15, 0.2) is 0 Å². The van der Waals surface area contributed by atoms with Gasteiger partial charge in [0.2, 0.25) is 6.41 Å². The summed E-state index contributed by atoms with van der Waals surface area (Å²) in [7, 11) is 0. The number of alkyl halides is 1. The van der Waals surface area contributed by atoms with Crippen LogP contribution in [0.2, 0.25) is 0 Å². The van der Waals surface area contributed by atoms with Crippen molar-refractivity contribution in [2.45, 2.75) is 0 Å². The lowest BCUT2D eigenvalue weighted by molar-refractivity contribution is -0.105. The molecule has 0 spiro atoms. The van der Waals surface area contributed by atoms with Crippen LogP contribution in [0.4, 0.5) is 10.1 Å². The molecule has 0 aliphatic carbocycles. The van der Waals surface area contributed by atoms with E-state index in [0.717, 1.165) is 0 Å². The van der Waals surface area contributed by atoms with Crippen molar-refractivity contribution in [1.82, 2.24) is 0 Å². The molecule has 0 aromatic heterocycles. The van der Waals surface area contributed by atoms with Gasteiger partial charge in [-0.3, -0.25) is 4.79 Å². The highest BCUT2D eigenvalue weighted by molar-refractivity contribution is 5.71. The van der Waals surface area contributed by atoms with E-state index in [1.54, 1.807) is 24.3 Å². The Hall–Kier alpha value is -1.58. The first-order valence-corrected chi connectivity index (χ1v) is 3.86. The molecule has 0 unspecified atom stereocenters. The van der Waals surface area contributed by atoms with Crippen LogP contribution in [0.5, 0.6) is 5.75 Å². The van der Waals surface area contributed by atoms with Crippen molar-refractivity contribution in [1.29, 1.82) is 0 Å². The largest absolute Gasteiger partial charge is 0.491 e. The first-order valence-electron chi connectivity index (χ1n) is 3.86. The van der Waals surface area contributed by atoms with Gasteiger partial charge in [0.05, 0.1) is 0 Å². The van der Waals surface area contributed by atoms with E-state index < -0.39 is 6.67 Å². The van der Waals surface area contributed by atoms with Crippen LogP contribution in [0.25, 0.3) is 0 Å². The third kappa shape index (κ3) is 3.11. The smallest absolute Gasteiger partial charge is 0.211 e. The zero-order valence-corrected chi connectivity index (χ0v) is 7.00. The van der Waals surface area contributed by atoms with Crippen molar-refractivity contribution < 1.29 is 13.9 Å². The molecule has 0 aliphatic heterocycles. The molecule has 0 fully saturated rings. The third-order valence-electron chi connectivity index (χ3n) is 1.41. The number of amides is 1. The van der Waals surface area contributed by atoms with E-state index in [9.17, 15) is 9.18 Å². The maximum atomic E-state index is 11.7. The van der Waals surface area contributed by atoms with Gasteiger partial charge in [0, 0.05) is 11.8 Å². The second kappa shape index (κ2) is 5.13. The van der Waals surface area contributed by atoms with E-state index in [-0.39, 0.29) is 6.61 Å². The van der Waals surface area contributed by atoms with Crippen LogP contribution in [0.1, 0.15) is 0 Å². The van der Waals surface area contributed by atoms with Crippen LogP contribution in [0, 0.1) is 0 Å². The molecule has 1 aromatic carbocycles. The van der Waals surface area contributed by atoms with E-state index >= 15 is 0 Å².